The number of rotatable bonds is 8. The van der Waals surface area contributed by atoms with Crippen LogP contribution < -0.4 is 16.0 Å². The van der Waals surface area contributed by atoms with Gasteiger partial charge >= 0.3 is 12.4 Å². The summed E-state index contributed by atoms with van der Waals surface area (Å²) in [5.74, 6) is -1.55. The maximum Gasteiger partial charge on any atom is 0.416 e. The van der Waals surface area contributed by atoms with Crippen LogP contribution in [0.5, 0.6) is 0 Å². The molecule has 0 aliphatic rings. The summed E-state index contributed by atoms with van der Waals surface area (Å²) >= 11 is 1.08. The summed E-state index contributed by atoms with van der Waals surface area (Å²) in [5.41, 5.74) is -2.43. The lowest BCUT2D eigenvalue weighted by atomic mass is 10.1. The van der Waals surface area contributed by atoms with Gasteiger partial charge in [0.2, 0.25) is 0 Å². The van der Waals surface area contributed by atoms with Crippen LogP contribution in [0.15, 0.2) is 71.7 Å². The van der Waals surface area contributed by atoms with Crippen molar-refractivity contribution in [1.29, 1.82) is 0 Å². The average molecular weight is 527 g/mol. The van der Waals surface area contributed by atoms with Crippen molar-refractivity contribution in [2.45, 2.75) is 12.4 Å². The second-order valence-electron chi connectivity index (χ2n) is 7.34. The number of benzene rings is 2. The van der Waals surface area contributed by atoms with Crippen LogP contribution in [0.2, 0.25) is 0 Å². The minimum absolute atomic E-state index is 0.0122. The van der Waals surface area contributed by atoms with Crippen LogP contribution >= 0.6 is 11.3 Å². The van der Waals surface area contributed by atoms with Crippen LogP contribution in [-0.2, 0) is 17.1 Å². The molecule has 2 amide bonds. The lowest BCUT2D eigenvalue weighted by Gasteiger charge is -2.14. The molecule has 1 aromatic heterocycles. The fourth-order valence-electron chi connectivity index (χ4n) is 3.07. The van der Waals surface area contributed by atoms with E-state index in [-0.39, 0.29) is 29.2 Å². The third kappa shape index (κ3) is 7.35. The van der Waals surface area contributed by atoms with Gasteiger partial charge in [0.1, 0.15) is 5.70 Å². The van der Waals surface area contributed by atoms with Crippen molar-refractivity contribution in [2.75, 3.05) is 18.4 Å². The van der Waals surface area contributed by atoms with Gasteiger partial charge in [0.05, 0.1) is 16.0 Å². The fraction of sp³-hybridized carbons (Fsp3) is 0.167. The van der Waals surface area contributed by atoms with Gasteiger partial charge in [-0.25, -0.2) is 0 Å². The molecule has 3 N–H and O–H groups in total. The molecule has 0 fully saturated rings. The van der Waals surface area contributed by atoms with E-state index in [2.05, 4.69) is 16.0 Å². The fourth-order valence-corrected chi connectivity index (χ4v) is 3.69. The molecule has 3 rings (SSSR count). The number of hydrogen-bond acceptors (Lipinski definition) is 4. The predicted octanol–water partition coefficient (Wildman–Crippen LogP) is 5.78. The molecular weight excluding hydrogens is 508 g/mol. The standard InChI is InChI=1S/C24H19F6N3O2S/c25-23(26,27)16-6-3-7-17(14-16)31-10-11-32-21(34)19(33-22(35)20-9-4-12-36-20)13-15-5-1-2-8-18(15)24(28,29)30/h1-9,12-14,31H,10-11H2,(H,32,34)(H,33,35)/b19-13-. The van der Waals surface area contributed by atoms with Crippen LogP contribution in [-0.4, -0.2) is 24.9 Å². The van der Waals surface area contributed by atoms with E-state index in [0.717, 1.165) is 41.7 Å². The smallest absolute Gasteiger partial charge is 0.383 e. The maximum atomic E-state index is 13.4. The highest BCUT2D eigenvalue weighted by molar-refractivity contribution is 7.12. The van der Waals surface area contributed by atoms with Gasteiger partial charge in [0, 0.05) is 18.8 Å². The molecule has 190 valence electrons. The number of anilines is 1. The number of carbonyl (C=O) groups is 2. The van der Waals surface area contributed by atoms with Crippen molar-refractivity contribution in [3.8, 4) is 0 Å². The average Bonchev–Trinajstić information content (AvgIpc) is 3.36. The van der Waals surface area contributed by atoms with E-state index in [9.17, 15) is 35.9 Å². The van der Waals surface area contributed by atoms with E-state index in [1.54, 1.807) is 11.4 Å². The summed E-state index contributed by atoms with van der Waals surface area (Å²) in [6, 6.07) is 12.1. The van der Waals surface area contributed by atoms with E-state index in [4.69, 9.17) is 0 Å². The number of amides is 2. The van der Waals surface area contributed by atoms with Gasteiger partial charge in [0.15, 0.2) is 0 Å². The Morgan fingerprint density at radius 3 is 2.28 bits per heavy atom. The van der Waals surface area contributed by atoms with Crippen molar-refractivity contribution < 1.29 is 35.9 Å². The summed E-state index contributed by atoms with van der Waals surface area (Å²) < 4.78 is 78.7. The van der Waals surface area contributed by atoms with E-state index >= 15 is 0 Å². The zero-order valence-corrected chi connectivity index (χ0v) is 19.2. The minimum atomic E-state index is -4.69. The molecule has 5 nitrogen and oxygen atoms in total. The number of hydrogen-bond donors (Lipinski definition) is 3. The molecule has 0 spiro atoms. The van der Waals surface area contributed by atoms with Gasteiger partial charge in [0.25, 0.3) is 11.8 Å². The van der Waals surface area contributed by atoms with Gasteiger partial charge in [-0.2, -0.15) is 26.3 Å². The summed E-state index contributed by atoms with van der Waals surface area (Å²) in [6.45, 7) is -0.0828. The Morgan fingerprint density at radius 1 is 0.861 bits per heavy atom. The molecule has 2 aromatic carbocycles. The van der Waals surface area contributed by atoms with Crippen molar-refractivity contribution in [2.24, 2.45) is 0 Å². The van der Waals surface area contributed by atoms with Crippen LogP contribution in [0.4, 0.5) is 32.0 Å². The Kier molecular flexibility index (Phi) is 8.41. The highest BCUT2D eigenvalue weighted by Crippen LogP contribution is 2.33. The van der Waals surface area contributed by atoms with E-state index in [1.165, 1.54) is 30.3 Å². The van der Waals surface area contributed by atoms with Crippen LogP contribution in [0.25, 0.3) is 6.08 Å². The lowest BCUT2D eigenvalue weighted by Crippen LogP contribution is -2.36. The van der Waals surface area contributed by atoms with Crippen LogP contribution in [0.3, 0.4) is 0 Å². The topological polar surface area (TPSA) is 70.2 Å². The van der Waals surface area contributed by atoms with Gasteiger partial charge in [-0.3, -0.25) is 9.59 Å². The van der Waals surface area contributed by atoms with Gasteiger partial charge in [-0.1, -0.05) is 30.3 Å². The Morgan fingerprint density at radius 2 is 1.61 bits per heavy atom. The molecule has 0 saturated heterocycles. The molecule has 0 atom stereocenters. The summed E-state index contributed by atoms with van der Waals surface area (Å²) in [4.78, 5) is 25.5. The Balaban J connectivity index is 1.74. The highest BCUT2D eigenvalue weighted by Gasteiger charge is 2.33. The quantitative estimate of drug-likeness (QED) is 0.198. The van der Waals surface area contributed by atoms with E-state index < -0.39 is 41.0 Å². The third-order valence-corrected chi connectivity index (χ3v) is 5.60. The normalized spacial score (nSPS) is 12.2. The van der Waals surface area contributed by atoms with Gasteiger partial charge < -0.3 is 16.0 Å². The zero-order chi connectivity index (χ0) is 26.3. The Labute approximate surface area is 205 Å². The number of alkyl halides is 6. The zero-order valence-electron chi connectivity index (χ0n) is 18.3. The van der Waals surface area contributed by atoms with Crippen LogP contribution in [0.1, 0.15) is 26.4 Å². The Hall–Kier alpha value is -3.80. The monoisotopic (exact) mass is 527 g/mol. The summed E-state index contributed by atoms with van der Waals surface area (Å²) in [5, 5.41) is 9.13. The van der Waals surface area contributed by atoms with E-state index in [0.29, 0.717) is 0 Å². The Bertz CT molecular complexity index is 1240. The molecule has 36 heavy (non-hydrogen) atoms. The van der Waals surface area contributed by atoms with Gasteiger partial charge in [-0.05, 0) is 47.4 Å². The molecule has 0 unspecified atom stereocenters. The number of carbonyl (C=O) groups excluding carboxylic acids is 2. The molecule has 0 aliphatic carbocycles. The molecule has 0 aliphatic heterocycles. The molecule has 1 heterocycles. The molecule has 3 aromatic rings. The second kappa shape index (κ2) is 11.3. The first kappa shape index (κ1) is 26.8. The maximum absolute atomic E-state index is 13.4. The van der Waals surface area contributed by atoms with Gasteiger partial charge in [-0.15, -0.1) is 11.3 Å². The van der Waals surface area contributed by atoms with Crippen molar-refractivity contribution in [1.82, 2.24) is 10.6 Å². The molecule has 0 saturated carbocycles. The molecular formula is C24H19F6N3O2S. The first-order valence-corrected chi connectivity index (χ1v) is 11.3. The number of thiophene rings is 1. The van der Waals surface area contributed by atoms with Crippen molar-refractivity contribution in [3.63, 3.8) is 0 Å². The SMILES string of the molecule is O=C(NCCNc1cccc(C(F)(F)F)c1)/C(=C/c1ccccc1C(F)(F)F)NC(=O)c1cccs1. The molecule has 0 radical (unpaired) electrons. The summed E-state index contributed by atoms with van der Waals surface area (Å²) in [6.07, 6.45) is -8.29. The third-order valence-electron chi connectivity index (χ3n) is 4.73. The van der Waals surface area contributed by atoms with Crippen LogP contribution in [0, 0.1) is 0 Å². The largest absolute Gasteiger partial charge is 0.416 e. The first-order valence-electron chi connectivity index (χ1n) is 10.4. The number of halogens is 6. The van der Waals surface area contributed by atoms with Crippen molar-refractivity contribution >= 4 is 34.9 Å². The minimum Gasteiger partial charge on any atom is -0.383 e. The molecule has 0 bridgehead atoms. The van der Waals surface area contributed by atoms with Crippen molar-refractivity contribution in [3.05, 3.63) is 93.3 Å². The highest BCUT2D eigenvalue weighted by atomic mass is 32.1. The summed E-state index contributed by atoms with van der Waals surface area (Å²) in [7, 11) is 0. The van der Waals surface area contributed by atoms with E-state index in [1.807, 2.05) is 0 Å². The first-order chi connectivity index (χ1) is 16.9. The lowest BCUT2D eigenvalue weighted by molar-refractivity contribution is -0.138. The number of nitrogens with one attached hydrogen (secondary N) is 3. The molecule has 12 heteroatoms. The second-order valence-corrected chi connectivity index (χ2v) is 8.28. The predicted molar refractivity (Wildman–Crippen MR) is 124 cm³/mol.